The van der Waals surface area contributed by atoms with Gasteiger partial charge < -0.3 is 15.4 Å². The number of nitrogens with zero attached hydrogens (tertiary/aromatic N) is 2. The van der Waals surface area contributed by atoms with Crippen LogP contribution in [-0.2, 0) is 9.53 Å². The van der Waals surface area contributed by atoms with Gasteiger partial charge in [-0.05, 0) is 31.9 Å². The Hall–Kier alpha value is -3.15. The number of rotatable bonds is 7. The average molecular weight is 362 g/mol. The van der Waals surface area contributed by atoms with Crippen LogP contribution < -0.4 is 10.6 Å². The molecule has 0 bridgehead atoms. The van der Waals surface area contributed by atoms with E-state index in [2.05, 4.69) is 10.6 Å². The number of anilines is 1. The van der Waals surface area contributed by atoms with Gasteiger partial charge in [0.25, 0.3) is 11.6 Å². The van der Waals surface area contributed by atoms with Gasteiger partial charge in [0.15, 0.2) is 6.10 Å². The number of amides is 1. The van der Waals surface area contributed by atoms with Crippen molar-refractivity contribution in [2.45, 2.75) is 39.3 Å². The molecule has 1 aromatic rings. The molecule has 26 heavy (non-hydrogen) atoms. The molecule has 9 heteroatoms. The zero-order chi connectivity index (χ0) is 20.1. The van der Waals surface area contributed by atoms with E-state index in [-0.39, 0.29) is 22.9 Å². The first kappa shape index (κ1) is 20.9. The molecule has 0 aliphatic heterocycles. The maximum Gasteiger partial charge on any atom is 0.339 e. The predicted molar refractivity (Wildman–Crippen MR) is 94.5 cm³/mol. The summed E-state index contributed by atoms with van der Waals surface area (Å²) in [5, 5.41) is 25.5. The summed E-state index contributed by atoms with van der Waals surface area (Å²) in [4.78, 5) is 34.8. The van der Waals surface area contributed by atoms with E-state index in [1.165, 1.54) is 26.1 Å². The van der Waals surface area contributed by atoms with Crippen LogP contribution in [0.5, 0.6) is 0 Å². The van der Waals surface area contributed by atoms with Crippen LogP contribution in [0, 0.1) is 27.4 Å². The minimum absolute atomic E-state index is 0.0535. The molecule has 1 aromatic carbocycles. The lowest BCUT2D eigenvalue weighted by atomic mass is 9.90. The van der Waals surface area contributed by atoms with Crippen molar-refractivity contribution < 1.29 is 19.2 Å². The molecule has 0 aliphatic rings. The number of nitriles is 1. The standard InChI is InChI=1S/C17H22N4O5/c1-10(2)17(4,9-18)20-15(22)11(3)26-16(23)12-6-7-13(19-5)14(8-12)21(24)25/h6-8,10-11,19H,1-5H3,(H,20,22)/t11-,17-/m1/s1. The van der Waals surface area contributed by atoms with Crippen LogP contribution in [0.25, 0.3) is 0 Å². The van der Waals surface area contributed by atoms with Gasteiger partial charge in [0.2, 0.25) is 0 Å². The minimum Gasteiger partial charge on any atom is -0.449 e. The van der Waals surface area contributed by atoms with E-state index < -0.39 is 28.4 Å². The summed E-state index contributed by atoms with van der Waals surface area (Å²) < 4.78 is 5.07. The fraction of sp³-hybridized carbons (Fsp3) is 0.471. The third-order valence-electron chi connectivity index (χ3n) is 4.12. The van der Waals surface area contributed by atoms with Gasteiger partial charge in [0.1, 0.15) is 11.2 Å². The van der Waals surface area contributed by atoms with Crippen LogP contribution in [0.15, 0.2) is 18.2 Å². The van der Waals surface area contributed by atoms with Crippen molar-refractivity contribution >= 4 is 23.3 Å². The summed E-state index contributed by atoms with van der Waals surface area (Å²) in [5.41, 5.74) is -1.19. The molecule has 0 fully saturated rings. The van der Waals surface area contributed by atoms with Crippen molar-refractivity contribution in [3.05, 3.63) is 33.9 Å². The number of carbonyl (C=O) groups is 2. The zero-order valence-electron chi connectivity index (χ0n) is 15.3. The normalized spacial score (nSPS) is 13.9. The Bertz CT molecular complexity index is 756. The Morgan fingerprint density at radius 2 is 1.96 bits per heavy atom. The number of carbonyl (C=O) groups excluding carboxylic acids is 2. The monoisotopic (exact) mass is 362 g/mol. The molecule has 0 saturated carbocycles. The van der Waals surface area contributed by atoms with E-state index >= 15 is 0 Å². The van der Waals surface area contributed by atoms with Crippen molar-refractivity contribution in [3.63, 3.8) is 0 Å². The topological polar surface area (TPSA) is 134 Å². The van der Waals surface area contributed by atoms with Crippen LogP contribution in [0.1, 0.15) is 38.1 Å². The van der Waals surface area contributed by atoms with E-state index in [9.17, 15) is 25.0 Å². The van der Waals surface area contributed by atoms with E-state index in [1.807, 2.05) is 6.07 Å². The molecule has 2 N–H and O–H groups in total. The van der Waals surface area contributed by atoms with Gasteiger partial charge in [-0.1, -0.05) is 13.8 Å². The number of esters is 1. The smallest absolute Gasteiger partial charge is 0.339 e. The Morgan fingerprint density at radius 1 is 1.35 bits per heavy atom. The van der Waals surface area contributed by atoms with Crippen molar-refractivity contribution in [1.29, 1.82) is 5.26 Å². The molecule has 0 aliphatic carbocycles. The molecule has 1 amide bonds. The highest BCUT2D eigenvalue weighted by atomic mass is 16.6. The maximum atomic E-state index is 12.2. The molecule has 0 unspecified atom stereocenters. The molecule has 0 heterocycles. The first-order chi connectivity index (χ1) is 12.1. The number of nitro groups is 1. The van der Waals surface area contributed by atoms with Crippen LogP contribution >= 0.6 is 0 Å². The molecule has 140 valence electrons. The first-order valence-electron chi connectivity index (χ1n) is 7.96. The van der Waals surface area contributed by atoms with Gasteiger partial charge >= 0.3 is 5.97 Å². The quantitative estimate of drug-likeness (QED) is 0.431. The Morgan fingerprint density at radius 3 is 2.42 bits per heavy atom. The number of benzene rings is 1. The molecule has 0 radical (unpaired) electrons. The van der Waals surface area contributed by atoms with Crippen LogP contribution in [0.4, 0.5) is 11.4 Å². The first-order valence-corrected chi connectivity index (χ1v) is 7.96. The van der Waals surface area contributed by atoms with Crippen molar-refractivity contribution in [2.24, 2.45) is 5.92 Å². The van der Waals surface area contributed by atoms with Gasteiger partial charge in [0, 0.05) is 13.1 Å². The van der Waals surface area contributed by atoms with E-state index in [0.717, 1.165) is 6.07 Å². The summed E-state index contributed by atoms with van der Waals surface area (Å²) in [7, 11) is 1.52. The number of nitrogens with one attached hydrogen (secondary N) is 2. The fourth-order valence-corrected chi connectivity index (χ4v) is 1.96. The van der Waals surface area contributed by atoms with Crippen molar-refractivity contribution in [1.82, 2.24) is 5.32 Å². The van der Waals surface area contributed by atoms with Crippen molar-refractivity contribution in [3.8, 4) is 6.07 Å². The van der Waals surface area contributed by atoms with E-state index in [4.69, 9.17) is 4.74 Å². The average Bonchev–Trinajstić information content (AvgIpc) is 2.60. The van der Waals surface area contributed by atoms with Gasteiger partial charge in [-0.2, -0.15) is 5.26 Å². The number of ether oxygens (including phenoxy) is 1. The number of nitro benzene ring substituents is 1. The lowest BCUT2D eigenvalue weighted by molar-refractivity contribution is -0.384. The molecule has 0 aromatic heterocycles. The van der Waals surface area contributed by atoms with Crippen LogP contribution in [0.2, 0.25) is 0 Å². The second kappa shape index (κ2) is 8.29. The van der Waals surface area contributed by atoms with E-state index in [1.54, 1.807) is 20.8 Å². The van der Waals surface area contributed by atoms with Crippen molar-refractivity contribution in [2.75, 3.05) is 12.4 Å². The second-order valence-electron chi connectivity index (χ2n) is 6.24. The van der Waals surface area contributed by atoms with Gasteiger partial charge in [-0.15, -0.1) is 0 Å². The summed E-state index contributed by atoms with van der Waals surface area (Å²) in [6, 6.07) is 5.84. The highest BCUT2D eigenvalue weighted by Crippen LogP contribution is 2.25. The SMILES string of the molecule is CNc1ccc(C(=O)O[C@H](C)C(=O)N[C@](C)(C#N)C(C)C)cc1[N+](=O)[O-]. The minimum atomic E-state index is -1.17. The fourth-order valence-electron chi connectivity index (χ4n) is 1.96. The largest absolute Gasteiger partial charge is 0.449 e. The molecule has 9 nitrogen and oxygen atoms in total. The van der Waals surface area contributed by atoms with Gasteiger partial charge in [-0.25, -0.2) is 4.79 Å². The van der Waals surface area contributed by atoms with E-state index in [0.29, 0.717) is 0 Å². The van der Waals surface area contributed by atoms with Crippen LogP contribution in [-0.4, -0.2) is 35.5 Å². The summed E-state index contributed by atoms with van der Waals surface area (Å²) >= 11 is 0. The Kier molecular flexibility index (Phi) is 6.66. The summed E-state index contributed by atoms with van der Waals surface area (Å²) in [6.45, 7) is 6.50. The maximum absolute atomic E-state index is 12.2. The number of hydrogen-bond donors (Lipinski definition) is 2. The van der Waals surface area contributed by atoms with Gasteiger partial charge in [0.05, 0.1) is 16.6 Å². The second-order valence-corrected chi connectivity index (χ2v) is 6.24. The Labute approximate surface area is 151 Å². The highest BCUT2D eigenvalue weighted by molar-refractivity contribution is 5.93. The summed E-state index contributed by atoms with van der Waals surface area (Å²) in [5.74, 6) is -1.66. The molecule has 1 rings (SSSR count). The Balaban J connectivity index is 2.91. The van der Waals surface area contributed by atoms with Gasteiger partial charge in [-0.3, -0.25) is 14.9 Å². The molecule has 0 saturated heterocycles. The highest BCUT2D eigenvalue weighted by Gasteiger charge is 2.32. The molecule has 2 atom stereocenters. The predicted octanol–water partition coefficient (Wildman–Crippen LogP) is 2.24. The molecular weight excluding hydrogens is 340 g/mol. The third kappa shape index (κ3) is 4.69. The van der Waals surface area contributed by atoms with Crippen LogP contribution in [0.3, 0.4) is 0 Å². The molecule has 0 spiro atoms. The lowest BCUT2D eigenvalue weighted by Gasteiger charge is -2.28. The third-order valence-corrected chi connectivity index (χ3v) is 4.12. The molecular formula is C17H22N4O5. The lowest BCUT2D eigenvalue weighted by Crippen LogP contribution is -2.52. The number of hydrogen-bond acceptors (Lipinski definition) is 7. The summed E-state index contributed by atoms with van der Waals surface area (Å²) in [6.07, 6.45) is -1.17. The zero-order valence-corrected chi connectivity index (χ0v) is 15.3.